The third-order valence-corrected chi connectivity index (χ3v) is 5.39. The summed E-state index contributed by atoms with van der Waals surface area (Å²) >= 11 is 0. The van der Waals surface area contributed by atoms with E-state index in [1.165, 1.54) is 6.07 Å². The van der Waals surface area contributed by atoms with Crippen molar-refractivity contribution in [2.24, 2.45) is 0 Å². The van der Waals surface area contributed by atoms with Crippen LogP contribution >= 0.6 is 0 Å². The van der Waals surface area contributed by atoms with Gasteiger partial charge in [-0.05, 0) is 19.8 Å². The fourth-order valence-electron chi connectivity index (χ4n) is 3.73. The average molecular weight is 377 g/mol. The number of amides is 4. The average Bonchev–Trinajstić information content (AvgIpc) is 2.93. The maximum absolute atomic E-state index is 13.4. The normalized spacial score (nSPS) is 25.4. The van der Waals surface area contributed by atoms with Crippen LogP contribution in [-0.2, 0) is 9.59 Å². The van der Waals surface area contributed by atoms with Crippen molar-refractivity contribution < 1.29 is 18.8 Å². The van der Waals surface area contributed by atoms with Gasteiger partial charge in [-0.2, -0.15) is 0 Å². The Morgan fingerprint density at radius 1 is 1.37 bits per heavy atom. The third-order valence-electron chi connectivity index (χ3n) is 5.39. The van der Waals surface area contributed by atoms with E-state index in [2.05, 4.69) is 15.6 Å². The van der Waals surface area contributed by atoms with Gasteiger partial charge in [0.2, 0.25) is 5.91 Å². The molecule has 2 aliphatic rings. The highest BCUT2D eigenvalue weighted by atomic mass is 19.1. The Morgan fingerprint density at radius 2 is 2.15 bits per heavy atom. The summed E-state index contributed by atoms with van der Waals surface area (Å²) in [6.45, 7) is 5.38. The quantitative estimate of drug-likeness (QED) is 0.748. The predicted octanol–water partition coefficient (Wildman–Crippen LogP) is 1.03. The smallest absolute Gasteiger partial charge is 0.322 e. The summed E-state index contributed by atoms with van der Waals surface area (Å²) in [7, 11) is 0. The lowest BCUT2D eigenvalue weighted by Crippen LogP contribution is -2.54. The Labute approximate surface area is 157 Å². The van der Waals surface area contributed by atoms with Gasteiger partial charge in [0.1, 0.15) is 11.4 Å². The zero-order valence-electron chi connectivity index (χ0n) is 15.5. The summed E-state index contributed by atoms with van der Waals surface area (Å²) in [6, 6.07) is 0.939. The SMILES string of the molecule is CCC1(CCC(=O)N2CCN(c3cncc(F)c3)[C@@H](C)C2)NC(=O)NC1=O. The van der Waals surface area contributed by atoms with Gasteiger partial charge in [0.05, 0.1) is 18.1 Å². The van der Waals surface area contributed by atoms with Crippen molar-refractivity contribution in [3.63, 3.8) is 0 Å². The molecule has 146 valence electrons. The summed E-state index contributed by atoms with van der Waals surface area (Å²) in [6.07, 6.45) is 3.64. The number of hydrogen-bond acceptors (Lipinski definition) is 5. The lowest BCUT2D eigenvalue weighted by molar-refractivity contribution is -0.133. The number of carbonyl (C=O) groups excluding carboxylic acids is 3. The van der Waals surface area contributed by atoms with Crippen LogP contribution in [0, 0.1) is 5.82 Å². The number of aromatic nitrogens is 1. The van der Waals surface area contributed by atoms with E-state index in [0.717, 1.165) is 6.20 Å². The fraction of sp³-hybridized carbons (Fsp3) is 0.556. The Balaban J connectivity index is 1.58. The molecule has 9 heteroatoms. The molecule has 2 atom stereocenters. The molecule has 0 radical (unpaired) electrons. The van der Waals surface area contributed by atoms with E-state index in [1.54, 1.807) is 11.1 Å². The number of pyridine rings is 1. The topological polar surface area (TPSA) is 94.6 Å². The van der Waals surface area contributed by atoms with E-state index < -0.39 is 11.6 Å². The summed E-state index contributed by atoms with van der Waals surface area (Å²) < 4.78 is 13.4. The monoisotopic (exact) mass is 377 g/mol. The molecule has 27 heavy (non-hydrogen) atoms. The highest BCUT2D eigenvalue weighted by Gasteiger charge is 2.44. The maximum atomic E-state index is 13.4. The highest BCUT2D eigenvalue weighted by Crippen LogP contribution is 2.24. The zero-order chi connectivity index (χ0) is 19.6. The summed E-state index contributed by atoms with van der Waals surface area (Å²) in [5.74, 6) is -0.819. The van der Waals surface area contributed by atoms with Gasteiger partial charge in [0.25, 0.3) is 5.91 Å². The first-order valence-electron chi connectivity index (χ1n) is 9.13. The molecule has 2 fully saturated rings. The van der Waals surface area contributed by atoms with Gasteiger partial charge in [-0.15, -0.1) is 0 Å². The molecule has 0 saturated carbocycles. The number of anilines is 1. The molecular weight excluding hydrogens is 353 g/mol. The van der Waals surface area contributed by atoms with Crippen LogP contribution in [0.4, 0.5) is 14.9 Å². The highest BCUT2D eigenvalue weighted by molar-refractivity contribution is 6.07. The number of urea groups is 1. The minimum atomic E-state index is -1.01. The third kappa shape index (κ3) is 3.86. The van der Waals surface area contributed by atoms with Crippen molar-refractivity contribution in [3.05, 3.63) is 24.3 Å². The molecule has 1 unspecified atom stereocenters. The molecule has 0 aromatic carbocycles. The van der Waals surface area contributed by atoms with Crippen molar-refractivity contribution in [2.75, 3.05) is 24.5 Å². The second-order valence-electron chi connectivity index (χ2n) is 7.09. The Bertz CT molecular complexity index is 758. The van der Waals surface area contributed by atoms with Gasteiger partial charge >= 0.3 is 6.03 Å². The molecule has 1 aromatic rings. The number of piperazine rings is 1. The van der Waals surface area contributed by atoms with Gasteiger partial charge in [-0.1, -0.05) is 6.92 Å². The van der Waals surface area contributed by atoms with Crippen LogP contribution < -0.4 is 15.5 Å². The number of hydrogen-bond donors (Lipinski definition) is 2. The number of nitrogens with one attached hydrogen (secondary N) is 2. The second kappa shape index (κ2) is 7.50. The van der Waals surface area contributed by atoms with Crippen LogP contribution in [0.3, 0.4) is 0 Å². The summed E-state index contributed by atoms with van der Waals surface area (Å²) in [5.41, 5.74) is -0.308. The van der Waals surface area contributed by atoms with E-state index in [1.807, 2.05) is 18.7 Å². The first-order valence-corrected chi connectivity index (χ1v) is 9.13. The van der Waals surface area contributed by atoms with Gasteiger partial charge < -0.3 is 15.1 Å². The Morgan fingerprint density at radius 3 is 2.74 bits per heavy atom. The Kier molecular flexibility index (Phi) is 5.29. The van der Waals surface area contributed by atoms with Gasteiger partial charge in [0.15, 0.2) is 0 Å². The minimum absolute atomic E-state index is 0.0147. The zero-order valence-corrected chi connectivity index (χ0v) is 15.5. The van der Waals surface area contributed by atoms with Crippen molar-refractivity contribution in [1.82, 2.24) is 20.5 Å². The van der Waals surface area contributed by atoms with E-state index in [-0.39, 0.29) is 36.5 Å². The van der Waals surface area contributed by atoms with E-state index in [4.69, 9.17) is 0 Å². The number of nitrogens with zero attached hydrogens (tertiary/aromatic N) is 3. The first-order chi connectivity index (χ1) is 12.8. The van der Waals surface area contributed by atoms with Crippen molar-refractivity contribution in [1.29, 1.82) is 0 Å². The van der Waals surface area contributed by atoms with E-state index >= 15 is 0 Å². The number of rotatable bonds is 5. The molecule has 1 aromatic heterocycles. The standard InChI is InChI=1S/C18H24FN5O3/c1-3-18(16(26)21-17(27)22-18)5-4-15(25)23-6-7-24(12(2)11-23)14-8-13(19)9-20-10-14/h8-10,12H,3-7,11H2,1-2H3,(H2,21,22,26,27)/t12-,18?/m0/s1. The van der Waals surface area contributed by atoms with Crippen LogP contribution in [0.1, 0.15) is 33.1 Å². The molecule has 2 N–H and O–H groups in total. The summed E-state index contributed by atoms with van der Waals surface area (Å²) in [4.78, 5) is 43.8. The second-order valence-corrected chi connectivity index (χ2v) is 7.09. The van der Waals surface area contributed by atoms with Crippen molar-refractivity contribution >= 4 is 23.5 Å². The molecule has 8 nitrogen and oxygen atoms in total. The molecule has 0 aliphatic carbocycles. The molecule has 2 aliphatic heterocycles. The number of halogens is 1. The van der Waals surface area contributed by atoms with Gasteiger partial charge in [-0.25, -0.2) is 9.18 Å². The largest absolute Gasteiger partial charge is 0.364 e. The fourth-order valence-corrected chi connectivity index (χ4v) is 3.73. The lowest BCUT2D eigenvalue weighted by atomic mass is 9.90. The number of carbonyl (C=O) groups is 3. The molecule has 2 saturated heterocycles. The van der Waals surface area contributed by atoms with E-state index in [0.29, 0.717) is 31.7 Å². The summed E-state index contributed by atoms with van der Waals surface area (Å²) in [5, 5.41) is 4.89. The van der Waals surface area contributed by atoms with Crippen LogP contribution in [0.2, 0.25) is 0 Å². The minimum Gasteiger partial charge on any atom is -0.364 e. The van der Waals surface area contributed by atoms with Crippen LogP contribution in [0.15, 0.2) is 18.5 Å². The molecule has 3 rings (SSSR count). The van der Waals surface area contributed by atoms with Crippen LogP contribution in [0.25, 0.3) is 0 Å². The molecule has 3 heterocycles. The Hall–Kier alpha value is -2.71. The molecule has 4 amide bonds. The molecule has 0 bridgehead atoms. The van der Waals surface area contributed by atoms with Crippen molar-refractivity contribution in [2.45, 2.75) is 44.7 Å². The maximum Gasteiger partial charge on any atom is 0.322 e. The van der Waals surface area contributed by atoms with Gasteiger partial charge in [-0.3, -0.25) is 19.9 Å². The predicted molar refractivity (Wildman–Crippen MR) is 96.5 cm³/mol. The first kappa shape index (κ1) is 19.1. The lowest BCUT2D eigenvalue weighted by Gasteiger charge is -2.41. The van der Waals surface area contributed by atoms with E-state index in [9.17, 15) is 18.8 Å². The van der Waals surface area contributed by atoms with Crippen LogP contribution in [0.5, 0.6) is 0 Å². The molecule has 0 spiro atoms. The van der Waals surface area contributed by atoms with Crippen molar-refractivity contribution in [3.8, 4) is 0 Å². The molecular formula is C18H24FN5O3. The number of imide groups is 1. The van der Waals surface area contributed by atoms with Gasteiger partial charge in [0, 0.05) is 38.2 Å². The van der Waals surface area contributed by atoms with Crippen LogP contribution in [-0.4, -0.2) is 58.9 Å².